The molecule has 0 heterocycles. The second-order valence-electron chi connectivity index (χ2n) is 5.24. The van der Waals surface area contributed by atoms with Gasteiger partial charge < -0.3 is 5.32 Å². The van der Waals surface area contributed by atoms with E-state index >= 15 is 0 Å². The van der Waals surface area contributed by atoms with Crippen LogP contribution in [0.4, 0.5) is 0 Å². The van der Waals surface area contributed by atoms with Gasteiger partial charge in [0.05, 0.1) is 0 Å². The first kappa shape index (κ1) is 11.7. The molecule has 0 fully saturated rings. The Hall–Kier alpha value is -0.820. The number of benzene rings is 1. The highest BCUT2D eigenvalue weighted by Crippen LogP contribution is 2.40. The molecule has 0 saturated carbocycles. The molecule has 0 spiro atoms. The minimum absolute atomic E-state index is 0.568. The van der Waals surface area contributed by atoms with Crippen molar-refractivity contribution < 1.29 is 0 Å². The second-order valence-corrected chi connectivity index (χ2v) is 5.24. The third-order valence-corrected chi connectivity index (χ3v) is 4.06. The van der Waals surface area contributed by atoms with Gasteiger partial charge in [-0.3, -0.25) is 0 Å². The summed E-state index contributed by atoms with van der Waals surface area (Å²) in [7, 11) is 0. The maximum absolute atomic E-state index is 3.65. The number of hydrogen-bond donors (Lipinski definition) is 1. The van der Waals surface area contributed by atoms with Crippen molar-refractivity contribution in [1.29, 1.82) is 0 Å². The van der Waals surface area contributed by atoms with Crippen LogP contribution in [-0.4, -0.2) is 6.54 Å². The molecule has 1 aliphatic rings. The minimum Gasteiger partial charge on any atom is -0.310 e. The first-order valence-corrected chi connectivity index (χ1v) is 6.39. The molecule has 0 aromatic heterocycles. The maximum atomic E-state index is 3.65. The molecule has 1 nitrogen and oxygen atoms in total. The summed E-state index contributed by atoms with van der Waals surface area (Å²) >= 11 is 0. The van der Waals surface area contributed by atoms with Crippen LogP contribution >= 0.6 is 0 Å². The molecule has 0 aliphatic heterocycles. The van der Waals surface area contributed by atoms with Gasteiger partial charge in [-0.1, -0.05) is 19.9 Å². The Morgan fingerprint density at radius 2 is 1.94 bits per heavy atom. The summed E-state index contributed by atoms with van der Waals surface area (Å²) in [5, 5.41) is 3.65. The largest absolute Gasteiger partial charge is 0.310 e. The van der Waals surface area contributed by atoms with Crippen LogP contribution in [0.3, 0.4) is 0 Å². The molecule has 1 N–H and O–H groups in total. The van der Waals surface area contributed by atoms with Gasteiger partial charge in [-0.2, -0.15) is 0 Å². The second kappa shape index (κ2) is 4.21. The lowest BCUT2D eigenvalue weighted by atomic mass is 9.93. The number of fused-ring (bicyclic) bond motifs is 1. The molecule has 0 radical (unpaired) electrons. The van der Waals surface area contributed by atoms with E-state index in [0.29, 0.717) is 6.04 Å². The Labute approximate surface area is 99.3 Å². The van der Waals surface area contributed by atoms with Gasteiger partial charge >= 0.3 is 0 Å². The molecule has 2 rings (SSSR count). The van der Waals surface area contributed by atoms with E-state index in [1.807, 2.05) is 0 Å². The van der Waals surface area contributed by atoms with Gasteiger partial charge in [0.15, 0.2) is 0 Å². The lowest BCUT2D eigenvalue weighted by molar-refractivity contribution is 0.425. The Morgan fingerprint density at radius 3 is 2.56 bits per heavy atom. The molecule has 1 aromatic rings. The van der Waals surface area contributed by atoms with Crippen LogP contribution in [0.15, 0.2) is 6.07 Å². The molecule has 88 valence electrons. The van der Waals surface area contributed by atoms with Gasteiger partial charge in [-0.15, -0.1) is 0 Å². The molecule has 0 amide bonds. The number of nitrogens with one attached hydrogen (secondary N) is 1. The number of aryl methyl sites for hydroxylation is 2. The van der Waals surface area contributed by atoms with E-state index in [1.54, 1.807) is 11.1 Å². The topological polar surface area (TPSA) is 12.0 Å². The molecule has 1 heteroatoms. The summed E-state index contributed by atoms with van der Waals surface area (Å²) in [5.74, 6) is 0.731. The van der Waals surface area contributed by atoms with Crippen molar-refractivity contribution in [1.82, 2.24) is 5.32 Å². The van der Waals surface area contributed by atoms with Crippen LogP contribution in [0.2, 0.25) is 0 Å². The average Bonchev–Trinajstić information content (AvgIpc) is 2.55. The zero-order valence-electron chi connectivity index (χ0n) is 11.1. The molecular weight excluding hydrogens is 194 g/mol. The first-order valence-electron chi connectivity index (χ1n) is 6.39. The molecule has 2 unspecified atom stereocenters. The average molecular weight is 217 g/mol. The molecule has 0 bridgehead atoms. The summed E-state index contributed by atoms with van der Waals surface area (Å²) < 4.78 is 0. The summed E-state index contributed by atoms with van der Waals surface area (Å²) in [6.45, 7) is 12.4. The molecule has 0 saturated heterocycles. The van der Waals surface area contributed by atoms with Crippen molar-refractivity contribution in [3.05, 3.63) is 33.9 Å². The van der Waals surface area contributed by atoms with Crippen LogP contribution in [0.5, 0.6) is 0 Å². The van der Waals surface area contributed by atoms with Gasteiger partial charge in [0.25, 0.3) is 0 Å². The Balaban J connectivity index is 2.54. The number of hydrogen-bond acceptors (Lipinski definition) is 1. The van der Waals surface area contributed by atoms with Crippen LogP contribution < -0.4 is 5.32 Å². The van der Waals surface area contributed by atoms with Crippen molar-refractivity contribution in [3.8, 4) is 0 Å². The zero-order valence-corrected chi connectivity index (χ0v) is 11.1. The van der Waals surface area contributed by atoms with Crippen molar-refractivity contribution >= 4 is 0 Å². The highest BCUT2D eigenvalue weighted by molar-refractivity contribution is 5.49. The molecule has 1 aromatic carbocycles. The third kappa shape index (κ3) is 1.67. The Morgan fingerprint density at radius 1 is 1.25 bits per heavy atom. The van der Waals surface area contributed by atoms with Crippen molar-refractivity contribution in [3.63, 3.8) is 0 Å². The summed E-state index contributed by atoms with van der Waals surface area (Å²) in [6.07, 6.45) is 1.24. The molecule has 1 aliphatic carbocycles. The monoisotopic (exact) mass is 217 g/mol. The van der Waals surface area contributed by atoms with Crippen LogP contribution in [0.25, 0.3) is 0 Å². The fourth-order valence-electron chi connectivity index (χ4n) is 3.11. The smallest absolute Gasteiger partial charge is 0.0354 e. The van der Waals surface area contributed by atoms with E-state index in [2.05, 4.69) is 46.0 Å². The van der Waals surface area contributed by atoms with Gasteiger partial charge in [0.2, 0.25) is 0 Å². The summed E-state index contributed by atoms with van der Waals surface area (Å²) in [4.78, 5) is 0. The highest BCUT2D eigenvalue weighted by atomic mass is 14.9. The van der Waals surface area contributed by atoms with Crippen molar-refractivity contribution in [2.45, 2.75) is 47.1 Å². The summed E-state index contributed by atoms with van der Waals surface area (Å²) in [6, 6.07) is 2.91. The summed E-state index contributed by atoms with van der Waals surface area (Å²) in [5.41, 5.74) is 7.60. The van der Waals surface area contributed by atoms with E-state index in [0.717, 1.165) is 12.5 Å². The van der Waals surface area contributed by atoms with Crippen LogP contribution in [0, 0.1) is 26.7 Å². The van der Waals surface area contributed by atoms with Crippen LogP contribution in [-0.2, 0) is 6.42 Å². The van der Waals surface area contributed by atoms with Gasteiger partial charge in [0, 0.05) is 6.04 Å². The predicted octanol–water partition coefficient (Wildman–Crippen LogP) is 3.45. The molecular formula is C15H23N. The minimum atomic E-state index is 0.568. The van der Waals surface area contributed by atoms with E-state index in [-0.39, 0.29) is 0 Å². The quantitative estimate of drug-likeness (QED) is 0.800. The highest BCUT2D eigenvalue weighted by Gasteiger charge is 2.31. The third-order valence-electron chi connectivity index (χ3n) is 4.06. The zero-order chi connectivity index (χ0) is 11.9. The van der Waals surface area contributed by atoms with Crippen molar-refractivity contribution in [2.24, 2.45) is 5.92 Å². The van der Waals surface area contributed by atoms with Gasteiger partial charge in [0.1, 0.15) is 0 Å². The predicted molar refractivity (Wildman–Crippen MR) is 69.9 cm³/mol. The first-order chi connectivity index (χ1) is 7.56. The van der Waals surface area contributed by atoms with E-state index in [4.69, 9.17) is 0 Å². The van der Waals surface area contributed by atoms with Crippen LogP contribution in [0.1, 0.15) is 47.7 Å². The fourth-order valence-corrected chi connectivity index (χ4v) is 3.11. The Kier molecular flexibility index (Phi) is 3.07. The SMILES string of the molecule is CCNC1c2c(C)c(C)cc(C)c2CC1C. The van der Waals surface area contributed by atoms with Gasteiger partial charge in [-0.25, -0.2) is 0 Å². The lowest BCUT2D eigenvalue weighted by Gasteiger charge is -2.20. The van der Waals surface area contributed by atoms with Gasteiger partial charge in [-0.05, 0) is 67.5 Å². The Bertz CT molecular complexity index is 406. The fraction of sp³-hybridized carbons (Fsp3) is 0.600. The van der Waals surface area contributed by atoms with E-state index < -0.39 is 0 Å². The lowest BCUT2D eigenvalue weighted by Crippen LogP contribution is -2.24. The standard InChI is InChI=1S/C15H23N/c1-6-16-15-11(4)8-13-10(3)7-9(2)12(5)14(13)15/h7,11,15-16H,6,8H2,1-5H3. The van der Waals surface area contributed by atoms with Crippen molar-refractivity contribution in [2.75, 3.05) is 6.54 Å². The maximum Gasteiger partial charge on any atom is 0.0354 e. The molecule has 2 atom stereocenters. The van der Waals surface area contributed by atoms with E-state index in [1.165, 1.54) is 23.1 Å². The number of rotatable bonds is 2. The normalized spacial score (nSPS) is 23.6. The molecule has 16 heavy (non-hydrogen) atoms. The van der Waals surface area contributed by atoms with E-state index in [9.17, 15) is 0 Å².